The molecule has 92 valence electrons. The van der Waals surface area contributed by atoms with Crippen LogP contribution in [0.25, 0.3) is 0 Å². The second-order valence-electron chi connectivity index (χ2n) is 3.22. The first-order chi connectivity index (χ1) is 8.09. The summed E-state index contributed by atoms with van der Waals surface area (Å²) in [4.78, 5) is 21.7. The Kier molecular flexibility index (Phi) is 5.86. The van der Waals surface area contributed by atoms with Crippen LogP contribution in [0, 0.1) is 0 Å². The molecule has 0 atom stereocenters. The fraction of sp³-hybridized carbons (Fsp3) is 0.273. The molecule has 0 radical (unpaired) electrons. The van der Waals surface area contributed by atoms with E-state index in [1.807, 2.05) is 0 Å². The number of rotatable bonds is 6. The van der Waals surface area contributed by atoms with E-state index in [1.165, 1.54) is 11.8 Å². The molecule has 17 heavy (non-hydrogen) atoms. The van der Waals surface area contributed by atoms with Crippen LogP contribution in [0.1, 0.15) is 6.42 Å². The fourth-order valence-electron chi connectivity index (χ4n) is 1.07. The highest BCUT2D eigenvalue weighted by Crippen LogP contribution is 2.20. The van der Waals surface area contributed by atoms with Gasteiger partial charge in [-0.25, -0.2) is 0 Å². The van der Waals surface area contributed by atoms with Crippen molar-refractivity contribution < 1.29 is 14.7 Å². The first-order valence-electron chi connectivity index (χ1n) is 4.93. The molecule has 0 aliphatic rings. The minimum Gasteiger partial charge on any atom is -0.481 e. The van der Waals surface area contributed by atoms with E-state index < -0.39 is 5.97 Å². The monoisotopic (exact) mass is 273 g/mol. The van der Waals surface area contributed by atoms with Gasteiger partial charge in [0.25, 0.3) is 0 Å². The van der Waals surface area contributed by atoms with E-state index >= 15 is 0 Å². The molecule has 0 fully saturated rings. The van der Waals surface area contributed by atoms with Gasteiger partial charge >= 0.3 is 5.97 Å². The average molecular weight is 274 g/mol. The third-order valence-electron chi connectivity index (χ3n) is 1.84. The lowest BCUT2D eigenvalue weighted by Gasteiger charge is -2.06. The largest absolute Gasteiger partial charge is 0.481 e. The lowest BCUT2D eigenvalue weighted by Crippen LogP contribution is -2.14. The molecule has 0 saturated heterocycles. The van der Waals surface area contributed by atoms with Crippen LogP contribution in [-0.4, -0.2) is 28.5 Å². The summed E-state index contributed by atoms with van der Waals surface area (Å²) in [5.74, 6) is -0.401. The maximum Gasteiger partial charge on any atom is 0.304 e. The van der Waals surface area contributed by atoms with Gasteiger partial charge in [0.2, 0.25) is 5.91 Å². The number of carbonyl (C=O) groups excluding carboxylic acids is 1. The van der Waals surface area contributed by atoms with Gasteiger partial charge in [-0.05, 0) is 12.1 Å². The number of hydrogen-bond donors (Lipinski definition) is 2. The average Bonchev–Trinajstić information content (AvgIpc) is 2.27. The quantitative estimate of drug-likeness (QED) is 0.782. The van der Waals surface area contributed by atoms with E-state index in [2.05, 4.69) is 5.32 Å². The van der Waals surface area contributed by atoms with Gasteiger partial charge in [-0.2, -0.15) is 11.8 Å². The van der Waals surface area contributed by atoms with E-state index in [-0.39, 0.29) is 18.1 Å². The van der Waals surface area contributed by atoms with Crippen molar-refractivity contribution in [1.29, 1.82) is 0 Å². The van der Waals surface area contributed by atoms with Crippen LogP contribution in [0.4, 0.5) is 5.69 Å². The minimum atomic E-state index is -0.857. The highest BCUT2D eigenvalue weighted by atomic mass is 35.5. The van der Waals surface area contributed by atoms with Crippen LogP contribution in [0.5, 0.6) is 0 Å². The van der Waals surface area contributed by atoms with E-state index in [0.717, 1.165) is 0 Å². The van der Waals surface area contributed by atoms with Crippen molar-refractivity contribution in [2.45, 2.75) is 6.42 Å². The molecule has 0 heterocycles. The molecule has 1 amide bonds. The SMILES string of the molecule is O=C(O)CCSCC(=O)Nc1ccccc1Cl. The molecule has 0 aromatic heterocycles. The molecule has 2 N–H and O–H groups in total. The Bertz CT molecular complexity index is 411. The summed E-state index contributed by atoms with van der Waals surface area (Å²) in [6.07, 6.45) is 0.0596. The van der Waals surface area contributed by atoms with Crippen LogP contribution in [0.2, 0.25) is 5.02 Å². The maximum atomic E-state index is 11.5. The second-order valence-corrected chi connectivity index (χ2v) is 4.74. The number of nitrogens with one attached hydrogen (secondary N) is 1. The van der Waals surface area contributed by atoms with E-state index in [9.17, 15) is 9.59 Å². The summed E-state index contributed by atoms with van der Waals surface area (Å²) < 4.78 is 0. The zero-order chi connectivity index (χ0) is 12.7. The summed E-state index contributed by atoms with van der Waals surface area (Å²) in [6.45, 7) is 0. The van der Waals surface area contributed by atoms with Crippen molar-refractivity contribution in [3.63, 3.8) is 0 Å². The van der Waals surface area contributed by atoms with Crippen molar-refractivity contribution in [1.82, 2.24) is 0 Å². The highest BCUT2D eigenvalue weighted by molar-refractivity contribution is 7.99. The van der Waals surface area contributed by atoms with Crippen LogP contribution in [0.15, 0.2) is 24.3 Å². The third-order valence-corrected chi connectivity index (χ3v) is 3.13. The smallest absolute Gasteiger partial charge is 0.304 e. The van der Waals surface area contributed by atoms with Gasteiger partial charge in [0.05, 0.1) is 22.9 Å². The minimum absolute atomic E-state index is 0.0596. The van der Waals surface area contributed by atoms with Crippen LogP contribution < -0.4 is 5.32 Å². The molecule has 0 aliphatic heterocycles. The van der Waals surface area contributed by atoms with E-state index in [0.29, 0.717) is 16.5 Å². The Morgan fingerprint density at radius 3 is 2.71 bits per heavy atom. The van der Waals surface area contributed by atoms with Crippen molar-refractivity contribution in [2.75, 3.05) is 16.8 Å². The molecular weight excluding hydrogens is 262 g/mol. The Hall–Kier alpha value is -1.20. The molecule has 4 nitrogen and oxygen atoms in total. The zero-order valence-corrected chi connectivity index (χ0v) is 10.6. The molecule has 0 bridgehead atoms. The van der Waals surface area contributed by atoms with Crippen molar-refractivity contribution in [2.24, 2.45) is 0 Å². The topological polar surface area (TPSA) is 66.4 Å². The molecular formula is C11H12ClNO3S. The van der Waals surface area contributed by atoms with Gasteiger partial charge in [0.1, 0.15) is 0 Å². The predicted octanol–water partition coefficient (Wildman–Crippen LogP) is 2.49. The molecule has 1 rings (SSSR count). The summed E-state index contributed by atoms with van der Waals surface area (Å²) >= 11 is 7.15. The Morgan fingerprint density at radius 2 is 2.06 bits per heavy atom. The third kappa shape index (κ3) is 5.60. The Labute approximate surface area is 108 Å². The maximum absolute atomic E-state index is 11.5. The van der Waals surface area contributed by atoms with Crippen molar-refractivity contribution in [3.05, 3.63) is 29.3 Å². The van der Waals surface area contributed by atoms with Gasteiger partial charge in [0, 0.05) is 5.75 Å². The molecule has 0 spiro atoms. The molecule has 1 aromatic carbocycles. The summed E-state index contributed by atoms with van der Waals surface area (Å²) in [7, 11) is 0. The number of aliphatic carboxylic acids is 1. The van der Waals surface area contributed by atoms with Crippen molar-refractivity contribution in [3.8, 4) is 0 Å². The number of hydrogen-bond acceptors (Lipinski definition) is 3. The van der Waals surface area contributed by atoms with Crippen LogP contribution >= 0.6 is 23.4 Å². The number of halogens is 1. The molecule has 6 heteroatoms. The summed E-state index contributed by atoms with van der Waals surface area (Å²) in [5.41, 5.74) is 0.568. The lowest BCUT2D eigenvalue weighted by atomic mass is 10.3. The normalized spacial score (nSPS) is 9.94. The van der Waals surface area contributed by atoms with Gasteiger partial charge in [-0.1, -0.05) is 23.7 Å². The number of amides is 1. The number of para-hydroxylation sites is 1. The molecule has 0 aliphatic carbocycles. The number of thioether (sulfide) groups is 1. The Morgan fingerprint density at radius 1 is 1.35 bits per heavy atom. The standard InChI is InChI=1S/C11H12ClNO3S/c12-8-3-1-2-4-9(8)13-10(14)7-17-6-5-11(15)16/h1-4H,5-7H2,(H,13,14)(H,15,16). The van der Waals surface area contributed by atoms with Gasteiger partial charge in [-0.15, -0.1) is 0 Å². The predicted molar refractivity (Wildman–Crippen MR) is 69.7 cm³/mol. The highest BCUT2D eigenvalue weighted by Gasteiger charge is 2.05. The van der Waals surface area contributed by atoms with Gasteiger partial charge < -0.3 is 10.4 Å². The number of carbonyl (C=O) groups is 2. The van der Waals surface area contributed by atoms with Crippen LogP contribution in [0.3, 0.4) is 0 Å². The summed E-state index contributed by atoms with van der Waals surface area (Å²) in [5, 5.41) is 11.6. The second kappa shape index (κ2) is 7.19. The first kappa shape index (κ1) is 13.9. The first-order valence-corrected chi connectivity index (χ1v) is 6.47. The molecule has 0 unspecified atom stereocenters. The summed E-state index contributed by atoms with van der Waals surface area (Å²) in [6, 6.07) is 6.95. The van der Waals surface area contributed by atoms with Gasteiger partial charge in [-0.3, -0.25) is 9.59 Å². The van der Waals surface area contributed by atoms with Crippen LogP contribution in [-0.2, 0) is 9.59 Å². The number of carboxylic acid groups (broad SMARTS) is 1. The Balaban J connectivity index is 2.30. The number of benzene rings is 1. The zero-order valence-electron chi connectivity index (χ0n) is 8.98. The fourth-order valence-corrected chi connectivity index (χ4v) is 1.98. The lowest BCUT2D eigenvalue weighted by molar-refractivity contribution is -0.136. The van der Waals surface area contributed by atoms with Crippen molar-refractivity contribution >= 4 is 40.9 Å². The van der Waals surface area contributed by atoms with Gasteiger partial charge in [0.15, 0.2) is 0 Å². The molecule has 0 saturated carbocycles. The van der Waals surface area contributed by atoms with E-state index in [4.69, 9.17) is 16.7 Å². The molecule has 1 aromatic rings. The van der Waals surface area contributed by atoms with E-state index in [1.54, 1.807) is 24.3 Å². The number of carboxylic acids is 1. The number of anilines is 1.